The number of carbonyl (C=O) groups is 2. The number of hydrogen-bond acceptors (Lipinski definition) is 9. The first-order chi connectivity index (χ1) is 21.8. The number of carbonyl (C=O) groups excluding carboxylic acids is 2. The highest BCUT2D eigenvalue weighted by Gasteiger charge is 2.20. The van der Waals surface area contributed by atoms with Crippen molar-refractivity contribution >= 4 is 39.6 Å². The molecule has 242 valence electrons. The molecular weight excluding hydrogens is 572 g/mol. The SMILES string of the molecule is CCOC(=O)COc1cc(CN(CCCn2c(CCOC)nc3c(N)nc4ccccc4c32)C(=O)CN(CC)CC)ccc1C. The number of hydrogen-bond donors (Lipinski definition) is 1. The zero-order chi connectivity index (χ0) is 32.3. The number of nitrogens with two attached hydrogens (primary N) is 1. The second kappa shape index (κ2) is 16.2. The first-order valence-corrected chi connectivity index (χ1v) is 15.7. The Balaban J connectivity index is 1.59. The molecule has 0 fully saturated rings. The molecule has 2 N–H and O–H groups in total. The van der Waals surface area contributed by atoms with Crippen LogP contribution in [-0.4, -0.2) is 89.3 Å². The Morgan fingerprint density at radius 3 is 2.56 bits per heavy atom. The zero-order valence-corrected chi connectivity index (χ0v) is 27.2. The van der Waals surface area contributed by atoms with E-state index in [2.05, 4.69) is 28.3 Å². The number of methoxy groups -OCH3 is 1. The van der Waals surface area contributed by atoms with Gasteiger partial charge in [-0.15, -0.1) is 0 Å². The number of aromatic nitrogens is 3. The first-order valence-electron chi connectivity index (χ1n) is 15.7. The Labute approximate surface area is 265 Å². The highest BCUT2D eigenvalue weighted by atomic mass is 16.6. The number of imidazole rings is 1. The number of nitrogen functional groups attached to an aromatic ring is 1. The molecule has 1 amide bonds. The molecule has 4 aromatic rings. The minimum absolute atomic E-state index is 0.0576. The van der Waals surface area contributed by atoms with Gasteiger partial charge in [0.25, 0.3) is 0 Å². The van der Waals surface area contributed by atoms with Gasteiger partial charge >= 0.3 is 5.97 Å². The molecule has 4 rings (SSSR count). The van der Waals surface area contributed by atoms with Gasteiger partial charge in [-0.25, -0.2) is 14.8 Å². The van der Waals surface area contributed by atoms with Crippen LogP contribution in [0.15, 0.2) is 42.5 Å². The molecule has 2 aromatic heterocycles. The maximum Gasteiger partial charge on any atom is 0.344 e. The zero-order valence-electron chi connectivity index (χ0n) is 27.2. The van der Waals surface area contributed by atoms with Crippen LogP contribution < -0.4 is 10.5 Å². The van der Waals surface area contributed by atoms with Crippen molar-refractivity contribution in [1.29, 1.82) is 0 Å². The molecule has 0 saturated heterocycles. The van der Waals surface area contributed by atoms with E-state index in [1.54, 1.807) is 14.0 Å². The number of aryl methyl sites for hydroxylation is 2. The van der Waals surface area contributed by atoms with Gasteiger partial charge in [-0.05, 0) is 56.6 Å². The number of fused-ring (bicyclic) bond motifs is 3. The van der Waals surface area contributed by atoms with Crippen LogP contribution in [0.5, 0.6) is 5.75 Å². The average molecular weight is 619 g/mol. The molecular formula is C34H46N6O5. The van der Waals surface area contributed by atoms with Crippen LogP contribution in [0, 0.1) is 6.92 Å². The predicted molar refractivity (Wildman–Crippen MR) is 176 cm³/mol. The smallest absolute Gasteiger partial charge is 0.344 e. The summed E-state index contributed by atoms with van der Waals surface area (Å²) in [6.45, 7) is 12.0. The average Bonchev–Trinajstić information content (AvgIpc) is 3.41. The van der Waals surface area contributed by atoms with E-state index in [0.717, 1.165) is 46.5 Å². The van der Waals surface area contributed by atoms with Gasteiger partial charge in [-0.1, -0.05) is 44.2 Å². The number of likely N-dealkylation sites (N-methyl/N-ethyl adjacent to an activating group) is 1. The van der Waals surface area contributed by atoms with Crippen LogP contribution in [0.4, 0.5) is 5.82 Å². The fourth-order valence-corrected chi connectivity index (χ4v) is 5.44. The van der Waals surface area contributed by atoms with Crippen LogP contribution in [0.25, 0.3) is 21.9 Å². The van der Waals surface area contributed by atoms with Crippen molar-refractivity contribution in [2.45, 2.75) is 53.6 Å². The standard InChI is InChI=1S/C34H46N6O5/c1-6-38(7-2)22-30(41)39(21-25-15-14-24(4)28(20-25)45-23-31(42)44-8-3)17-11-18-40-29(16-19-43-5)37-32-33(40)26-12-9-10-13-27(26)36-34(32)35/h9-10,12-15,20H,6-8,11,16-19,21-23H2,1-5H3,(H2,35,36). The summed E-state index contributed by atoms with van der Waals surface area (Å²) >= 11 is 0. The number of amides is 1. The molecule has 0 aliphatic heterocycles. The Morgan fingerprint density at radius 1 is 1.04 bits per heavy atom. The fourth-order valence-electron chi connectivity index (χ4n) is 5.44. The van der Waals surface area contributed by atoms with E-state index in [1.807, 2.05) is 54.3 Å². The third-order valence-electron chi connectivity index (χ3n) is 7.91. The summed E-state index contributed by atoms with van der Waals surface area (Å²) in [5, 5.41) is 0.988. The first kappa shape index (κ1) is 33.7. The van der Waals surface area contributed by atoms with Crippen LogP contribution in [-0.2, 0) is 38.6 Å². The lowest BCUT2D eigenvalue weighted by Gasteiger charge is -2.27. The lowest BCUT2D eigenvalue weighted by molar-refractivity contribution is -0.145. The summed E-state index contributed by atoms with van der Waals surface area (Å²) in [5.74, 6) is 1.52. The molecule has 2 heterocycles. The van der Waals surface area contributed by atoms with E-state index in [-0.39, 0.29) is 12.5 Å². The number of rotatable bonds is 17. The van der Waals surface area contributed by atoms with Gasteiger partial charge in [-0.2, -0.15) is 0 Å². The van der Waals surface area contributed by atoms with Gasteiger partial charge < -0.3 is 29.4 Å². The topological polar surface area (TPSA) is 125 Å². The van der Waals surface area contributed by atoms with Crippen LogP contribution in [0.1, 0.15) is 44.1 Å². The van der Waals surface area contributed by atoms with Crippen LogP contribution in [0.2, 0.25) is 0 Å². The van der Waals surface area contributed by atoms with Gasteiger partial charge in [-0.3, -0.25) is 9.69 Å². The summed E-state index contributed by atoms with van der Waals surface area (Å²) in [4.78, 5) is 39.0. The van der Waals surface area contributed by atoms with Gasteiger partial charge in [0.15, 0.2) is 12.4 Å². The highest BCUT2D eigenvalue weighted by Crippen LogP contribution is 2.29. The van der Waals surface area contributed by atoms with E-state index in [9.17, 15) is 9.59 Å². The predicted octanol–water partition coefficient (Wildman–Crippen LogP) is 4.37. The molecule has 0 saturated carbocycles. The number of para-hydroxylation sites is 1. The third kappa shape index (κ3) is 8.49. The minimum Gasteiger partial charge on any atom is -0.482 e. The van der Waals surface area contributed by atoms with Crippen molar-refractivity contribution in [3.8, 4) is 5.75 Å². The summed E-state index contributed by atoms with van der Waals surface area (Å²) in [6.07, 6.45) is 1.32. The second-order valence-corrected chi connectivity index (χ2v) is 11.0. The summed E-state index contributed by atoms with van der Waals surface area (Å²) in [7, 11) is 1.68. The normalized spacial score (nSPS) is 11.4. The largest absolute Gasteiger partial charge is 0.482 e. The van der Waals surface area contributed by atoms with Gasteiger partial charge in [0, 0.05) is 38.6 Å². The molecule has 0 radical (unpaired) electrons. The quantitative estimate of drug-likeness (QED) is 0.172. The van der Waals surface area contributed by atoms with Crippen LogP contribution >= 0.6 is 0 Å². The molecule has 0 unspecified atom stereocenters. The highest BCUT2D eigenvalue weighted by molar-refractivity contribution is 6.06. The molecule has 0 bridgehead atoms. The van der Waals surface area contributed by atoms with Crippen molar-refractivity contribution in [2.24, 2.45) is 0 Å². The number of pyridine rings is 1. The molecule has 11 heteroatoms. The fraction of sp³-hybridized carbons (Fsp3) is 0.471. The monoisotopic (exact) mass is 618 g/mol. The maximum atomic E-state index is 13.7. The van der Waals surface area contributed by atoms with E-state index in [4.69, 9.17) is 24.9 Å². The van der Waals surface area contributed by atoms with Crippen molar-refractivity contribution in [3.05, 3.63) is 59.4 Å². The Hall–Kier alpha value is -4.22. The number of benzene rings is 2. The number of anilines is 1. The van der Waals surface area contributed by atoms with E-state index in [0.29, 0.717) is 69.3 Å². The molecule has 0 spiro atoms. The van der Waals surface area contributed by atoms with E-state index < -0.39 is 5.97 Å². The number of nitrogens with zero attached hydrogens (tertiary/aromatic N) is 5. The third-order valence-corrected chi connectivity index (χ3v) is 7.91. The van der Waals surface area contributed by atoms with Gasteiger partial charge in [0.2, 0.25) is 5.91 Å². The van der Waals surface area contributed by atoms with Crippen molar-refractivity contribution in [1.82, 2.24) is 24.3 Å². The van der Waals surface area contributed by atoms with Gasteiger partial charge in [0.1, 0.15) is 17.1 Å². The molecule has 0 atom stereocenters. The molecule has 0 aliphatic carbocycles. The van der Waals surface area contributed by atoms with Gasteiger partial charge in [0.05, 0.1) is 30.8 Å². The molecule has 45 heavy (non-hydrogen) atoms. The summed E-state index contributed by atoms with van der Waals surface area (Å²) in [5.41, 5.74) is 10.7. The van der Waals surface area contributed by atoms with Crippen molar-refractivity contribution in [2.75, 3.05) is 58.8 Å². The molecule has 11 nitrogen and oxygen atoms in total. The van der Waals surface area contributed by atoms with E-state index in [1.165, 1.54) is 0 Å². The lowest BCUT2D eigenvalue weighted by Crippen LogP contribution is -2.40. The van der Waals surface area contributed by atoms with E-state index >= 15 is 0 Å². The minimum atomic E-state index is -0.416. The summed E-state index contributed by atoms with van der Waals surface area (Å²) in [6, 6.07) is 13.8. The van der Waals surface area contributed by atoms with Crippen molar-refractivity contribution in [3.63, 3.8) is 0 Å². The Bertz CT molecular complexity index is 1600. The molecule has 2 aromatic carbocycles. The Kier molecular flexibility index (Phi) is 12.1. The second-order valence-electron chi connectivity index (χ2n) is 11.0. The van der Waals surface area contributed by atoms with Crippen LogP contribution in [0.3, 0.4) is 0 Å². The number of esters is 1. The summed E-state index contributed by atoms with van der Waals surface area (Å²) < 4.78 is 18.4. The number of ether oxygens (including phenoxy) is 3. The van der Waals surface area contributed by atoms with Crippen molar-refractivity contribution < 1.29 is 23.8 Å². The lowest BCUT2D eigenvalue weighted by atomic mass is 10.1. The Morgan fingerprint density at radius 2 is 1.82 bits per heavy atom. The maximum absolute atomic E-state index is 13.7. The molecule has 0 aliphatic rings.